The average molecular weight is 581 g/mol. The molecule has 5 rings (SSSR count). The summed E-state index contributed by atoms with van der Waals surface area (Å²) in [6, 6.07) is 7.34. The number of carbonyl (C=O) groups excluding carboxylic acids is 1. The van der Waals surface area contributed by atoms with Crippen molar-refractivity contribution in [2.75, 3.05) is 14.1 Å². The highest BCUT2D eigenvalue weighted by atomic mass is 79.9. The van der Waals surface area contributed by atoms with Gasteiger partial charge in [0.2, 0.25) is 5.60 Å². The summed E-state index contributed by atoms with van der Waals surface area (Å²) in [6.07, 6.45) is 1.04. The van der Waals surface area contributed by atoms with Crippen LogP contribution in [-0.2, 0) is 19.9 Å². The molecule has 3 saturated heterocycles. The Balaban J connectivity index is 0.00000162. The number of rotatable bonds is 4. The van der Waals surface area contributed by atoms with E-state index in [0.29, 0.717) is 12.8 Å². The number of fused-ring (bicyclic) bond motifs is 5. The molecule has 1 N–H and O–H groups in total. The zero-order valence-electron chi connectivity index (χ0n) is 17.8. The van der Waals surface area contributed by atoms with Crippen LogP contribution in [0.5, 0.6) is 0 Å². The van der Waals surface area contributed by atoms with Gasteiger partial charge in [-0.2, -0.15) is 0 Å². The average Bonchev–Trinajstić information content (AvgIpc) is 3.50. The van der Waals surface area contributed by atoms with Gasteiger partial charge in [0, 0.05) is 24.0 Å². The second-order valence-corrected chi connectivity index (χ2v) is 10.1. The number of quaternary nitrogens is 1. The molecule has 186 valence electrons. The Morgan fingerprint density at radius 2 is 1.47 bits per heavy atom. The van der Waals surface area contributed by atoms with E-state index in [-0.39, 0.29) is 69.9 Å². The van der Waals surface area contributed by atoms with Gasteiger partial charge in [0.15, 0.2) is 0 Å². The van der Waals surface area contributed by atoms with Gasteiger partial charge in [-0.3, -0.25) is 0 Å². The number of aliphatic hydroxyl groups is 1. The molecule has 3 unspecified atom stereocenters. The van der Waals surface area contributed by atoms with Gasteiger partial charge in [-0.05, 0) is 24.3 Å². The predicted octanol–water partition coefficient (Wildman–Crippen LogP) is 1.45. The van der Waals surface area contributed by atoms with Gasteiger partial charge in [0.05, 0.1) is 24.1 Å². The molecule has 2 aromatic rings. The second-order valence-electron chi connectivity index (χ2n) is 9.30. The van der Waals surface area contributed by atoms with E-state index in [1.807, 2.05) is 0 Å². The highest BCUT2D eigenvalue weighted by molar-refractivity contribution is 6.31. The summed E-state index contributed by atoms with van der Waals surface area (Å²) in [5.74, 6) is -2.65. The molecule has 3 fully saturated rings. The quantitative estimate of drug-likeness (QED) is 0.338. The number of hydrogen-bond donors (Lipinski definition) is 1. The fourth-order valence-corrected chi connectivity index (χ4v) is 5.62. The molecule has 0 amide bonds. The van der Waals surface area contributed by atoms with Crippen LogP contribution in [0.25, 0.3) is 0 Å². The molecule has 3 aliphatic rings. The first-order valence-electron chi connectivity index (χ1n) is 10.4. The molecule has 5 atom stereocenters. The number of hydrogen-bond acceptors (Lipinski definition) is 4. The lowest BCUT2D eigenvalue weighted by Gasteiger charge is -2.45. The van der Waals surface area contributed by atoms with Crippen molar-refractivity contribution >= 4 is 29.2 Å². The van der Waals surface area contributed by atoms with E-state index in [1.165, 1.54) is 24.3 Å². The predicted molar refractivity (Wildman–Crippen MR) is 120 cm³/mol. The van der Waals surface area contributed by atoms with E-state index in [9.17, 15) is 18.7 Å². The van der Waals surface area contributed by atoms with Crippen LogP contribution in [-0.4, -0.2) is 60.0 Å². The Morgan fingerprint density at radius 1 is 1.03 bits per heavy atom. The number of halogens is 5. The SMILES string of the molecule is C.C[N+]1(C)C2CC(OC(=O)C(O)(c3ccc(Cl)c(F)c3)c3ccc(Cl)c(F)c3)C[C@H]1[C@H]1OC21.[Br-]. The van der Waals surface area contributed by atoms with Gasteiger partial charge >= 0.3 is 5.97 Å². The normalized spacial score (nSPS) is 28.3. The monoisotopic (exact) mass is 579 g/mol. The van der Waals surface area contributed by atoms with Gasteiger partial charge in [0.1, 0.15) is 42.0 Å². The number of esters is 1. The van der Waals surface area contributed by atoms with Crippen molar-refractivity contribution < 1.29 is 49.6 Å². The summed E-state index contributed by atoms with van der Waals surface area (Å²) < 4.78 is 40.8. The van der Waals surface area contributed by atoms with Gasteiger partial charge < -0.3 is 36.0 Å². The molecule has 3 aliphatic heterocycles. The topological polar surface area (TPSA) is 59.1 Å². The molecule has 0 saturated carbocycles. The number of epoxide rings is 1. The summed E-state index contributed by atoms with van der Waals surface area (Å²) in [7, 11) is 4.29. The van der Waals surface area contributed by atoms with Crippen LogP contribution in [0.2, 0.25) is 10.0 Å². The van der Waals surface area contributed by atoms with Crippen LogP contribution < -0.4 is 17.0 Å². The Bertz CT molecular complexity index is 1050. The molecule has 10 heteroatoms. The minimum absolute atomic E-state index is 0. The van der Waals surface area contributed by atoms with E-state index in [1.54, 1.807) is 0 Å². The molecule has 0 aliphatic carbocycles. The number of ether oxygens (including phenoxy) is 2. The Labute approximate surface area is 217 Å². The summed E-state index contributed by atoms with van der Waals surface area (Å²) in [6.45, 7) is 0. The van der Waals surface area contributed by atoms with Crippen molar-refractivity contribution in [1.29, 1.82) is 0 Å². The summed E-state index contributed by atoms with van der Waals surface area (Å²) in [4.78, 5) is 13.4. The Hall–Kier alpha value is -1.29. The van der Waals surface area contributed by atoms with Gasteiger partial charge in [-0.15, -0.1) is 0 Å². The number of morpholine rings is 1. The number of likely N-dealkylation sites (N-methyl/N-ethyl adjacent to an activating group) is 1. The lowest BCUT2D eigenvalue weighted by molar-refractivity contribution is -0.938. The first kappa shape index (κ1) is 27.3. The van der Waals surface area contributed by atoms with Gasteiger partial charge in [-0.25, -0.2) is 13.6 Å². The number of benzene rings is 2. The van der Waals surface area contributed by atoms with E-state index in [2.05, 4.69) is 14.1 Å². The van der Waals surface area contributed by atoms with Crippen molar-refractivity contribution in [2.45, 2.75) is 56.3 Å². The maximum Gasteiger partial charge on any atom is 0.347 e. The molecule has 2 bridgehead atoms. The van der Waals surface area contributed by atoms with Crippen molar-refractivity contribution in [3.8, 4) is 0 Å². The molecule has 2 aromatic carbocycles. The third-order valence-corrected chi connectivity index (χ3v) is 7.90. The number of piperidine rings is 1. The molecular formula is C24H26BrCl2F2NO4. The largest absolute Gasteiger partial charge is 1.00 e. The first-order valence-corrected chi connectivity index (χ1v) is 11.1. The van der Waals surface area contributed by atoms with E-state index < -0.39 is 29.3 Å². The molecule has 0 spiro atoms. The highest BCUT2D eigenvalue weighted by Crippen LogP contribution is 2.52. The van der Waals surface area contributed by atoms with E-state index >= 15 is 0 Å². The molecule has 0 aromatic heterocycles. The minimum Gasteiger partial charge on any atom is -1.00 e. The van der Waals surface area contributed by atoms with Crippen LogP contribution in [0.15, 0.2) is 36.4 Å². The minimum atomic E-state index is -2.45. The maximum atomic E-state index is 14.2. The third-order valence-electron chi connectivity index (χ3n) is 7.28. The van der Waals surface area contributed by atoms with Gasteiger partial charge in [-0.1, -0.05) is 42.8 Å². The van der Waals surface area contributed by atoms with Crippen molar-refractivity contribution in [3.05, 3.63) is 69.2 Å². The van der Waals surface area contributed by atoms with E-state index in [4.69, 9.17) is 32.7 Å². The Kier molecular flexibility index (Phi) is 7.47. The van der Waals surface area contributed by atoms with E-state index in [0.717, 1.165) is 16.6 Å². The third kappa shape index (κ3) is 4.16. The molecule has 0 radical (unpaired) electrons. The van der Waals surface area contributed by atoms with Crippen molar-refractivity contribution in [1.82, 2.24) is 0 Å². The molecule has 34 heavy (non-hydrogen) atoms. The lowest BCUT2D eigenvalue weighted by atomic mass is 9.86. The highest BCUT2D eigenvalue weighted by Gasteiger charge is 2.71. The summed E-state index contributed by atoms with van der Waals surface area (Å²) in [5, 5.41) is 11.2. The summed E-state index contributed by atoms with van der Waals surface area (Å²) in [5.41, 5.74) is -2.68. The molecular weight excluding hydrogens is 555 g/mol. The molecule has 3 heterocycles. The zero-order valence-corrected chi connectivity index (χ0v) is 20.9. The smallest absolute Gasteiger partial charge is 0.347 e. The summed E-state index contributed by atoms with van der Waals surface area (Å²) >= 11 is 11.6. The van der Waals surface area contributed by atoms with Crippen LogP contribution in [0.1, 0.15) is 31.4 Å². The standard InChI is InChI=1S/C23H22Cl2F2NO4.CH4.BrH/c1-28(2)18-9-13(10-19(28)21-20(18)32-21)31-22(29)23(30,11-3-5-14(24)16(26)7-11)12-4-6-15(25)17(27)8-12;;/h3-8,13,18-21,30H,9-10H2,1-2H3;1H4;1H/q+1;;/p-1/t13?,18-,19?,20+,21?;;/m0../s1. The number of carbonyl (C=O) groups is 1. The zero-order chi connectivity index (χ0) is 23.0. The Morgan fingerprint density at radius 3 is 1.88 bits per heavy atom. The van der Waals surface area contributed by atoms with Crippen molar-refractivity contribution in [3.63, 3.8) is 0 Å². The molecule has 5 nitrogen and oxygen atoms in total. The maximum absolute atomic E-state index is 14.2. The number of nitrogens with zero attached hydrogens (tertiary/aromatic N) is 1. The lowest BCUT2D eigenvalue weighted by Crippen LogP contribution is -3.00. The van der Waals surface area contributed by atoms with Crippen LogP contribution in [0.3, 0.4) is 0 Å². The first-order chi connectivity index (χ1) is 15.0. The van der Waals surface area contributed by atoms with Crippen molar-refractivity contribution in [2.24, 2.45) is 0 Å². The second kappa shape index (κ2) is 9.30. The van der Waals surface area contributed by atoms with Gasteiger partial charge in [0.25, 0.3) is 0 Å². The van der Waals surface area contributed by atoms with Crippen LogP contribution in [0, 0.1) is 11.6 Å². The fraction of sp³-hybridized carbons (Fsp3) is 0.458. The van der Waals surface area contributed by atoms with Crippen LogP contribution >= 0.6 is 23.2 Å². The fourth-order valence-electron chi connectivity index (χ4n) is 5.38. The van der Waals surface area contributed by atoms with Crippen LogP contribution in [0.4, 0.5) is 8.78 Å².